The molecule has 0 aliphatic rings. The fraction of sp³-hybridized carbons (Fsp3) is 0.385. The van der Waals surface area contributed by atoms with Gasteiger partial charge in [-0.25, -0.2) is 0 Å². The summed E-state index contributed by atoms with van der Waals surface area (Å²) in [6, 6.07) is 5.96. The van der Waals surface area contributed by atoms with Crippen LogP contribution in [-0.4, -0.2) is 17.9 Å². The van der Waals surface area contributed by atoms with Crippen LogP contribution in [0.15, 0.2) is 24.3 Å². The van der Waals surface area contributed by atoms with Gasteiger partial charge in [-0.2, -0.15) is 0 Å². The molecule has 0 radical (unpaired) electrons. The minimum atomic E-state index is -0.626. The summed E-state index contributed by atoms with van der Waals surface area (Å²) in [5.41, 5.74) is 11.8. The van der Waals surface area contributed by atoms with E-state index in [1.54, 1.807) is 24.3 Å². The zero-order valence-corrected chi connectivity index (χ0v) is 10.5. The fourth-order valence-corrected chi connectivity index (χ4v) is 1.62. The average molecular weight is 249 g/mol. The monoisotopic (exact) mass is 249 g/mol. The number of amides is 2. The van der Waals surface area contributed by atoms with Crippen molar-refractivity contribution in [3.8, 4) is 0 Å². The number of rotatable bonds is 6. The van der Waals surface area contributed by atoms with E-state index in [2.05, 4.69) is 5.32 Å². The van der Waals surface area contributed by atoms with Crippen molar-refractivity contribution in [2.75, 3.05) is 5.73 Å². The molecule has 1 aromatic rings. The molecule has 0 aromatic heterocycles. The van der Waals surface area contributed by atoms with Crippen molar-refractivity contribution in [3.05, 3.63) is 29.8 Å². The predicted molar refractivity (Wildman–Crippen MR) is 70.8 cm³/mol. The summed E-state index contributed by atoms with van der Waals surface area (Å²) in [6.07, 6.45) is 2.34. The zero-order chi connectivity index (χ0) is 13.5. The Hall–Kier alpha value is -2.04. The molecule has 0 aliphatic heterocycles. The van der Waals surface area contributed by atoms with E-state index in [0.717, 1.165) is 12.8 Å². The number of carbonyl (C=O) groups excluding carboxylic acids is 2. The van der Waals surface area contributed by atoms with E-state index >= 15 is 0 Å². The van der Waals surface area contributed by atoms with Crippen molar-refractivity contribution in [2.45, 2.75) is 32.2 Å². The van der Waals surface area contributed by atoms with Gasteiger partial charge in [0.1, 0.15) is 6.04 Å². The van der Waals surface area contributed by atoms with Gasteiger partial charge < -0.3 is 16.8 Å². The van der Waals surface area contributed by atoms with Crippen LogP contribution in [0.5, 0.6) is 0 Å². The summed E-state index contributed by atoms with van der Waals surface area (Å²) in [4.78, 5) is 23.1. The van der Waals surface area contributed by atoms with E-state index in [-0.39, 0.29) is 5.91 Å². The minimum Gasteiger partial charge on any atom is -0.399 e. The lowest BCUT2D eigenvalue weighted by molar-refractivity contribution is -0.120. The van der Waals surface area contributed by atoms with E-state index < -0.39 is 11.9 Å². The quantitative estimate of drug-likeness (QED) is 0.657. The van der Waals surface area contributed by atoms with E-state index in [0.29, 0.717) is 17.7 Å². The largest absolute Gasteiger partial charge is 0.399 e. The SMILES string of the molecule is CCCCC(NC(=O)c1cccc(N)c1)C(N)=O. The maximum Gasteiger partial charge on any atom is 0.252 e. The molecule has 0 bridgehead atoms. The van der Waals surface area contributed by atoms with Crippen molar-refractivity contribution in [1.29, 1.82) is 0 Å². The topological polar surface area (TPSA) is 98.2 Å². The Bertz CT molecular complexity index is 432. The highest BCUT2D eigenvalue weighted by molar-refractivity contribution is 5.97. The Kier molecular flexibility index (Phi) is 5.17. The van der Waals surface area contributed by atoms with Crippen molar-refractivity contribution in [3.63, 3.8) is 0 Å². The highest BCUT2D eigenvalue weighted by Crippen LogP contribution is 2.08. The minimum absolute atomic E-state index is 0.331. The lowest BCUT2D eigenvalue weighted by atomic mass is 10.1. The first-order valence-electron chi connectivity index (χ1n) is 6.00. The Morgan fingerprint density at radius 1 is 1.39 bits per heavy atom. The van der Waals surface area contributed by atoms with Gasteiger partial charge in [-0.15, -0.1) is 0 Å². The third-order valence-electron chi connectivity index (χ3n) is 2.64. The molecule has 5 N–H and O–H groups in total. The maximum atomic E-state index is 11.9. The highest BCUT2D eigenvalue weighted by Gasteiger charge is 2.18. The first-order valence-corrected chi connectivity index (χ1v) is 6.00. The number of hydrogen-bond donors (Lipinski definition) is 3. The second-order valence-corrected chi connectivity index (χ2v) is 4.20. The van der Waals surface area contributed by atoms with Crippen LogP contribution in [0, 0.1) is 0 Å². The third-order valence-corrected chi connectivity index (χ3v) is 2.64. The molecular formula is C13H19N3O2. The van der Waals surface area contributed by atoms with E-state index in [1.165, 1.54) is 0 Å². The smallest absolute Gasteiger partial charge is 0.252 e. The molecule has 0 aliphatic carbocycles. The van der Waals surface area contributed by atoms with Crippen LogP contribution in [0.1, 0.15) is 36.5 Å². The molecule has 0 saturated carbocycles. The van der Waals surface area contributed by atoms with Gasteiger partial charge in [-0.1, -0.05) is 25.8 Å². The second-order valence-electron chi connectivity index (χ2n) is 4.20. The molecule has 98 valence electrons. The summed E-state index contributed by atoms with van der Waals surface area (Å²) < 4.78 is 0. The molecule has 1 atom stereocenters. The van der Waals surface area contributed by atoms with Gasteiger partial charge in [0.25, 0.3) is 5.91 Å². The van der Waals surface area contributed by atoms with Crippen LogP contribution in [0.2, 0.25) is 0 Å². The van der Waals surface area contributed by atoms with E-state index in [1.807, 2.05) is 6.92 Å². The number of anilines is 1. The number of nitrogens with one attached hydrogen (secondary N) is 1. The average Bonchev–Trinajstić information content (AvgIpc) is 2.33. The van der Waals surface area contributed by atoms with Crippen LogP contribution in [0.25, 0.3) is 0 Å². The Labute approximate surface area is 107 Å². The van der Waals surface area contributed by atoms with Crippen LogP contribution in [-0.2, 0) is 4.79 Å². The Morgan fingerprint density at radius 3 is 2.67 bits per heavy atom. The predicted octanol–water partition coefficient (Wildman–Crippen LogP) is 1.04. The first-order chi connectivity index (χ1) is 8.54. The van der Waals surface area contributed by atoms with E-state index in [4.69, 9.17) is 11.5 Å². The summed E-state index contributed by atoms with van der Waals surface area (Å²) in [6.45, 7) is 2.01. The molecule has 0 saturated heterocycles. The summed E-state index contributed by atoms with van der Waals surface area (Å²) in [5, 5.41) is 2.63. The molecule has 2 amide bonds. The lowest BCUT2D eigenvalue weighted by Crippen LogP contribution is -2.44. The number of nitrogens with two attached hydrogens (primary N) is 2. The van der Waals surface area contributed by atoms with Gasteiger partial charge in [0.2, 0.25) is 5.91 Å². The second kappa shape index (κ2) is 6.64. The first kappa shape index (κ1) is 14.0. The maximum absolute atomic E-state index is 11.9. The zero-order valence-electron chi connectivity index (χ0n) is 10.5. The van der Waals surface area contributed by atoms with Crippen LogP contribution >= 0.6 is 0 Å². The van der Waals surface area contributed by atoms with Crippen molar-refractivity contribution in [2.24, 2.45) is 5.73 Å². The number of primary amides is 1. The van der Waals surface area contributed by atoms with Crippen LogP contribution in [0.4, 0.5) is 5.69 Å². The molecule has 1 unspecified atom stereocenters. The van der Waals surface area contributed by atoms with E-state index in [9.17, 15) is 9.59 Å². The highest BCUT2D eigenvalue weighted by atomic mass is 16.2. The van der Waals surface area contributed by atoms with Gasteiger partial charge in [0, 0.05) is 11.3 Å². The number of benzene rings is 1. The number of unbranched alkanes of at least 4 members (excludes halogenated alkanes) is 1. The van der Waals surface area contributed by atoms with Crippen LogP contribution < -0.4 is 16.8 Å². The third kappa shape index (κ3) is 4.08. The number of carbonyl (C=O) groups is 2. The van der Waals surface area contributed by atoms with Gasteiger partial charge in [0.05, 0.1) is 0 Å². The summed E-state index contributed by atoms with van der Waals surface area (Å²) in [5.74, 6) is -0.845. The molecule has 0 heterocycles. The lowest BCUT2D eigenvalue weighted by Gasteiger charge is -2.15. The van der Waals surface area contributed by atoms with Crippen molar-refractivity contribution >= 4 is 17.5 Å². The van der Waals surface area contributed by atoms with Crippen molar-refractivity contribution in [1.82, 2.24) is 5.32 Å². The molecule has 18 heavy (non-hydrogen) atoms. The summed E-state index contributed by atoms with van der Waals surface area (Å²) >= 11 is 0. The van der Waals surface area contributed by atoms with Gasteiger partial charge in [0.15, 0.2) is 0 Å². The van der Waals surface area contributed by atoms with Crippen LogP contribution in [0.3, 0.4) is 0 Å². The number of nitrogen functional groups attached to an aromatic ring is 1. The molecule has 5 nitrogen and oxygen atoms in total. The summed E-state index contributed by atoms with van der Waals surface area (Å²) in [7, 11) is 0. The van der Waals surface area contributed by atoms with Gasteiger partial charge in [-0.3, -0.25) is 9.59 Å². The number of hydrogen-bond acceptors (Lipinski definition) is 3. The Morgan fingerprint density at radius 2 is 2.11 bits per heavy atom. The fourth-order valence-electron chi connectivity index (χ4n) is 1.62. The van der Waals surface area contributed by atoms with Gasteiger partial charge >= 0.3 is 0 Å². The van der Waals surface area contributed by atoms with Crippen molar-refractivity contribution < 1.29 is 9.59 Å². The molecular weight excluding hydrogens is 230 g/mol. The molecule has 5 heteroatoms. The molecule has 1 rings (SSSR count). The molecule has 1 aromatic carbocycles. The Balaban J connectivity index is 2.69. The normalized spacial score (nSPS) is 11.8. The standard InChI is InChI=1S/C13H19N3O2/c1-2-3-7-11(12(15)17)16-13(18)9-5-4-6-10(14)8-9/h4-6,8,11H,2-3,7,14H2,1H3,(H2,15,17)(H,16,18). The molecule has 0 spiro atoms. The molecule has 0 fully saturated rings. The van der Waals surface area contributed by atoms with Gasteiger partial charge in [-0.05, 0) is 24.6 Å².